The number of benzene rings is 2. The molecule has 136 valence electrons. The third-order valence-electron chi connectivity index (χ3n) is 3.31. The molecule has 0 aliphatic carbocycles. The molecule has 0 fully saturated rings. The molecular weight excluding hydrogens is 338 g/mol. The van der Waals surface area contributed by atoms with Gasteiger partial charge in [0, 0.05) is 12.1 Å². The predicted octanol–water partition coefficient (Wildman–Crippen LogP) is 2.91. The van der Waals surface area contributed by atoms with Crippen LogP contribution in [0.3, 0.4) is 0 Å². The summed E-state index contributed by atoms with van der Waals surface area (Å²) in [4.78, 5) is 22.1. The van der Waals surface area contributed by atoms with Gasteiger partial charge in [-0.15, -0.1) is 0 Å². The summed E-state index contributed by atoms with van der Waals surface area (Å²) >= 11 is 0. The van der Waals surface area contributed by atoms with Crippen molar-refractivity contribution in [3.8, 4) is 11.5 Å². The molecule has 1 amide bonds. The molecule has 2 aromatic rings. The summed E-state index contributed by atoms with van der Waals surface area (Å²) in [6.07, 6.45) is 0.695. The Morgan fingerprint density at radius 3 is 2.38 bits per heavy atom. The first-order valence-electron chi connectivity index (χ1n) is 7.96. The minimum atomic E-state index is -0.811. The van der Waals surface area contributed by atoms with Crippen molar-refractivity contribution in [2.24, 2.45) is 5.10 Å². The summed E-state index contributed by atoms with van der Waals surface area (Å²) in [6, 6.07) is 12.7. The largest absolute Gasteiger partial charge is 0.494 e. The molecule has 0 aliphatic rings. The van der Waals surface area contributed by atoms with Gasteiger partial charge in [0.15, 0.2) is 6.10 Å². The highest BCUT2D eigenvalue weighted by Crippen LogP contribution is 2.18. The fraction of sp³-hybridized carbons (Fsp3) is 0.222. The number of carbonyl (C=O) groups is 1. The van der Waals surface area contributed by atoms with Crippen molar-refractivity contribution in [1.29, 1.82) is 0 Å². The number of nitrogens with one attached hydrogen (secondary N) is 1. The number of nitro groups is 1. The third-order valence-corrected chi connectivity index (χ3v) is 3.31. The van der Waals surface area contributed by atoms with Crippen LogP contribution in [0.4, 0.5) is 5.69 Å². The number of non-ortho nitro benzene ring substituents is 1. The van der Waals surface area contributed by atoms with E-state index in [1.54, 1.807) is 6.92 Å². The summed E-state index contributed by atoms with van der Waals surface area (Å²) in [6.45, 7) is 4.06. The smallest absolute Gasteiger partial charge is 0.280 e. The van der Waals surface area contributed by atoms with Gasteiger partial charge in [0.05, 0.1) is 17.7 Å². The topological polar surface area (TPSA) is 103 Å². The van der Waals surface area contributed by atoms with Gasteiger partial charge in [-0.1, -0.05) is 0 Å². The molecule has 0 unspecified atom stereocenters. The molecule has 2 aromatic carbocycles. The molecule has 0 saturated heterocycles. The lowest BCUT2D eigenvalue weighted by atomic mass is 10.2. The van der Waals surface area contributed by atoms with Gasteiger partial charge >= 0.3 is 0 Å². The Morgan fingerprint density at radius 2 is 1.81 bits per heavy atom. The first kappa shape index (κ1) is 18.9. The maximum atomic E-state index is 12.0. The minimum Gasteiger partial charge on any atom is -0.494 e. The number of nitrogens with zero attached hydrogens (tertiary/aromatic N) is 2. The van der Waals surface area contributed by atoms with Crippen molar-refractivity contribution < 1.29 is 19.2 Å². The molecule has 8 nitrogen and oxygen atoms in total. The van der Waals surface area contributed by atoms with Crippen molar-refractivity contribution in [2.75, 3.05) is 6.61 Å². The molecule has 0 aliphatic heterocycles. The molecule has 0 aromatic heterocycles. The molecule has 0 heterocycles. The zero-order valence-electron chi connectivity index (χ0n) is 14.4. The van der Waals surface area contributed by atoms with Gasteiger partial charge < -0.3 is 9.47 Å². The number of amides is 1. The highest BCUT2D eigenvalue weighted by Gasteiger charge is 2.14. The molecule has 0 saturated carbocycles. The quantitative estimate of drug-likeness (QED) is 0.444. The normalized spacial score (nSPS) is 11.8. The Kier molecular flexibility index (Phi) is 6.67. The van der Waals surface area contributed by atoms with Crippen molar-refractivity contribution in [3.05, 3.63) is 64.2 Å². The molecule has 1 atom stereocenters. The molecule has 8 heteroatoms. The standard InChI is InChI=1S/C18H19N3O5/c1-3-25-16-8-4-14(5-9-16)12-19-20-18(22)13(2)26-17-10-6-15(7-11-17)21(23)24/h4-13H,3H2,1-2H3,(H,20,22)/b19-12-/t13-/m0/s1. The number of rotatable bonds is 8. The zero-order valence-corrected chi connectivity index (χ0v) is 14.4. The first-order chi connectivity index (χ1) is 12.5. The van der Waals surface area contributed by atoms with E-state index in [0.717, 1.165) is 11.3 Å². The maximum absolute atomic E-state index is 12.0. The fourth-order valence-corrected chi connectivity index (χ4v) is 1.98. The van der Waals surface area contributed by atoms with Crippen LogP contribution in [-0.2, 0) is 4.79 Å². The number of hydrogen-bond donors (Lipinski definition) is 1. The van der Waals surface area contributed by atoms with E-state index in [1.807, 2.05) is 31.2 Å². The molecular formula is C18H19N3O5. The van der Waals surface area contributed by atoms with Crippen molar-refractivity contribution in [1.82, 2.24) is 5.43 Å². The van der Waals surface area contributed by atoms with Crippen LogP contribution in [0.1, 0.15) is 19.4 Å². The van der Waals surface area contributed by atoms with Crippen LogP contribution in [0, 0.1) is 10.1 Å². The number of hydrazone groups is 1. The van der Waals surface area contributed by atoms with Crippen molar-refractivity contribution in [2.45, 2.75) is 20.0 Å². The minimum absolute atomic E-state index is 0.0468. The van der Waals surface area contributed by atoms with Crippen molar-refractivity contribution in [3.63, 3.8) is 0 Å². The predicted molar refractivity (Wildman–Crippen MR) is 96.5 cm³/mol. The maximum Gasteiger partial charge on any atom is 0.280 e. The highest BCUT2D eigenvalue weighted by atomic mass is 16.6. The van der Waals surface area contributed by atoms with Gasteiger partial charge in [-0.3, -0.25) is 14.9 Å². The van der Waals surface area contributed by atoms with Crippen LogP contribution < -0.4 is 14.9 Å². The van der Waals surface area contributed by atoms with Crippen LogP contribution in [0.25, 0.3) is 0 Å². The summed E-state index contributed by atoms with van der Waals surface area (Å²) < 4.78 is 10.8. The second kappa shape index (κ2) is 9.16. The molecule has 26 heavy (non-hydrogen) atoms. The Bertz CT molecular complexity index is 772. The highest BCUT2D eigenvalue weighted by molar-refractivity contribution is 5.84. The lowest BCUT2D eigenvalue weighted by Gasteiger charge is -2.12. The van der Waals surface area contributed by atoms with Gasteiger partial charge in [0.25, 0.3) is 11.6 Å². The monoisotopic (exact) mass is 357 g/mol. The third kappa shape index (κ3) is 5.59. The van der Waals surface area contributed by atoms with E-state index in [4.69, 9.17) is 9.47 Å². The summed E-state index contributed by atoms with van der Waals surface area (Å²) in [5.41, 5.74) is 3.14. The summed E-state index contributed by atoms with van der Waals surface area (Å²) in [5.74, 6) is 0.679. The SMILES string of the molecule is CCOc1ccc(/C=N\NC(=O)[C@H](C)Oc2ccc([N+](=O)[O-])cc2)cc1. The van der Waals surface area contributed by atoms with Crippen LogP contribution in [0.2, 0.25) is 0 Å². The van der Waals surface area contributed by atoms with Gasteiger partial charge in [-0.05, 0) is 55.8 Å². The Hall–Kier alpha value is -3.42. The first-order valence-corrected chi connectivity index (χ1v) is 7.96. The number of hydrogen-bond acceptors (Lipinski definition) is 6. The van der Waals surface area contributed by atoms with Gasteiger partial charge in [-0.2, -0.15) is 5.10 Å². The number of nitro benzene ring substituents is 1. The second-order valence-corrected chi connectivity index (χ2v) is 5.25. The van der Waals surface area contributed by atoms with Crippen molar-refractivity contribution >= 4 is 17.8 Å². The molecule has 1 N–H and O–H groups in total. The molecule has 0 radical (unpaired) electrons. The summed E-state index contributed by atoms with van der Waals surface area (Å²) in [7, 11) is 0. The van der Waals surface area contributed by atoms with E-state index in [1.165, 1.54) is 30.5 Å². The van der Waals surface area contributed by atoms with E-state index in [-0.39, 0.29) is 5.69 Å². The van der Waals surface area contributed by atoms with Gasteiger partial charge in [-0.25, -0.2) is 5.43 Å². The number of ether oxygens (including phenoxy) is 2. The Balaban J connectivity index is 1.85. The van der Waals surface area contributed by atoms with Crippen LogP contribution >= 0.6 is 0 Å². The van der Waals surface area contributed by atoms with E-state index in [9.17, 15) is 14.9 Å². The molecule has 2 rings (SSSR count). The second-order valence-electron chi connectivity index (χ2n) is 5.25. The van der Waals surface area contributed by atoms with Crippen LogP contribution in [0.5, 0.6) is 11.5 Å². The van der Waals surface area contributed by atoms with E-state index >= 15 is 0 Å². The van der Waals surface area contributed by atoms with Gasteiger partial charge in [0.2, 0.25) is 0 Å². The molecule has 0 spiro atoms. The van der Waals surface area contributed by atoms with E-state index in [0.29, 0.717) is 12.4 Å². The Labute approximate surface area is 150 Å². The lowest BCUT2D eigenvalue weighted by molar-refractivity contribution is -0.384. The summed E-state index contributed by atoms with van der Waals surface area (Å²) in [5, 5.41) is 14.5. The fourth-order valence-electron chi connectivity index (χ4n) is 1.98. The average molecular weight is 357 g/mol. The van der Waals surface area contributed by atoms with E-state index in [2.05, 4.69) is 10.5 Å². The average Bonchev–Trinajstić information content (AvgIpc) is 2.63. The molecule has 0 bridgehead atoms. The number of carbonyl (C=O) groups excluding carboxylic acids is 1. The Morgan fingerprint density at radius 1 is 1.19 bits per heavy atom. The van der Waals surface area contributed by atoms with E-state index < -0.39 is 16.9 Å². The van der Waals surface area contributed by atoms with Crippen LogP contribution in [0.15, 0.2) is 53.6 Å². The lowest BCUT2D eigenvalue weighted by Crippen LogP contribution is -2.33. The van der Waals surface area contributed by atoms with Crippen LogP contribution in [-0.4, -0.2) is 29.8 Å². The van der Waals surface area contributed by atoms with Gasteiger partial charge in [0.1, 0.15) is 11.5 Å². The zero-order chi connectivity index (χ0) is 18.9.